The number of aliphatic hydroxyl groups is 2. The number of nitrogens with one attached hydrogen (secondary N) is 1. The van der Waals surface area contributed by atoms with E-state index >= 15 is 0 Å². The Bertz CT molecular complexity index is 702. The van der Waals surface area contributed by atoms with Gasteiger partial charge in [-0.2, -0.15) is 5.10 Å². The lowest BCUT2D eigenvalue weighted by Gasteiger charge is -2.25. The molecular weight excluding hydrogens is 296 g/mol. The Morgan fingerprint density at radius 1 is 1.35 bits per heavy atom. The van der Waals surface area contributed by atoms with Crippen LogP contribution in [0.3, 0.4) is 0 Å². The molecule has 3 N–H and O–H groups in total. The summed E-state index contributed by atoms with van der Waals surface area (Å²) in [6.45, 7) is 2.96. The van der Waals surface area contributed by atoms with E-state index in [0.29, 0.717) is 11.1 Å². The minimum atomic E-state index is -1.06. The lowest BCUT2D eigenvalue weighted by atomic mass is 10.0. The molecule has 7 heteroatoms. The van der Waals surface area contributed by atoms with Gasteiger partial charge in [0.15, 0.2) is 0 Å². The molecule has 3 rings (SSSR count). The number of carbonyl (C=O) groups excluding carboxylic acids is 1. The van der Waals surface area contributed by atoms with Crippen LogP contribution in [-0.4, -0.2) is 57.6 Å². The minimum absolute atomic E-state index is 0.340. The molecule has 0 bridgehead atoms. The molecule has 0 spiro atoms. The summed E-state index contributed by atoms with van der Waals surface area (Å²) < 4.78 is 1.66. The quantitative estimate of drug-likeness (QED) is 0.743. The van der Waals surface area contributed by atoms with Crippen LogP contribution in [0.4, 0.5) is 5.69 Å². The number of hydrogen-bond acceptors (Lipinski definition) is 5. The van der Waals surface area contributed by atoms with Crippen LogP contribution in [0.25, 0.3) is 5.52 Å². The van der Waals surface area contributed by atoms with Crippen LogP contribution in [0.15, 0.2) is 24.5 Å². The average Bonchev–Trinajstić information content (AvgIpc) is 3.23. The van der Waals surface area contributed by atoms with Crippen molar-refractivity contribution in [1.29, 1.82) is 0 Å². The van der Waals surface area contributed by atoms with E-state index in [1.54, 1.807) is 11.4 Å². The first-order valence-corrected chi connectivity index (χ1v) is 7.83. The molecule has 2 aromatic rings. The number of hydrogen-bond donors (Lipinski definition) is 3. The van der Waals surface area contributed by atoms with E-state index in [1.807, 2.05) is 18.3 Å². The minimum Gasteiger partial charge on any atom is -0.394 e. The first-order chi connectivity index (χ1) is 11.1. The predicted molar refractivity (Wildman–Crippen MR) is 86.7 cm³/mol. The zero-order valence-corrected chi connectivity index (χ0v) is 13.2. The average molecular weight is 318 g/mol. The van der Waals surface area contributed by atoms with Crippen LogP contribution in [-0.2, 0) is 0 Å². The lowest BCUT2D eigenvalue weighted by molar-refractivity contribution is 0.0725. The fraction of sp³-hybridized carbons (Fsp3) is 0.500. The summed E-state index contributed by atoms with van der Waals surface area (Å²) in [6, 6.07) is 3.96. The Kier molecular flexibility index (Phi) is 4.23. The van der Waals surface area contributed by atoms with Crippen LogP contribution < -0.4 is 10.2 Å². The Morgan fingerprint density at radius 3 is 2.70 bits per heavy atom. The largest absolute Gasteiger partial charge is 0.394 e. The first-order valence-electron chi connectivity index (χ1n) is 7.83. The van der Waals surface area contributed by atoms with E-state index in [9.17, 15) is 15.0 Å². The molecule has 0 saturated carbocycles. The summed E-state index contributed by atoms with van der Waals surface area (Å²) in [7, 11) is 0. The van der Waals surface area contributed by atoms with Crippen LogP contribution >= 0.6 is 0 Å². The zero-order valence-electron chi connectivity index (χ0n) is 13.2. The fourth-order valence-corrected chi connectivity index (χ4v) is 2.79. The second-order valence-electron chi connectivity index (χ2n) is 6.30. The zero-order chi connectivity index (χ0) is 16.4. The van der Waals surface area contributed by atoms with Crippen molar-refractivity contribution in [2.45, 2.75) is 25.3 Å². The summed E-state index contributed by atoms with van der Waals surface area (Å²) >= 11 is 0. The van der Waals surface area contributed by atoms with Gasteiger partial charge in [-0.05, 0) is 31.9 Å². The highest BCUT2D eigenvalue weighted by Gasteiger charge is 2.26. The molecule has 0 aliphatic carbocycles. The third-order valence-corrected chi connectivity index (χ3v) is 4.33. The Labute approximate surface area is 134 Å². The molecule has 3 heterocycles. The van der Waals surface area contributed by atoms with Crippen LogP contribution in [0, 0.1) is 0 Å². The smallest absolute Gasteiger partial charge is 0.255 e. The van der Waals surface area contributed by atoms with E-state index in [2.05, 4.69) is 15.3 Å². The number of aliphatic hydroxyl groups excluding tert-OH is 2. The molecule has 0 aromatic carbocycles. The Morgan fingerprint density at radius 2 is 2.04 bits per heavy atom. The van der Waals surface area contributed by atoms with Crippen molar-refractivity contribution in [2.24, 2.45) is 0 Å². The maximum Gasteiger partial charge on any atom is 0.255 e. The predicted octanol–water partition coefficient (Wildman–Crippen LogP) is 0.408. The summed E-state index contributed by atoms with van der Waals surface area (Å²) in [5.41, 5.74) is 1.17. The highest BCUT2D eigenvalue weighted by Crippen LogP contribution is 2.23. The summed E-state index contributed by atoms with van der Waals surface area (Å²) in [5, 5.41) is 25.5. The normalized spacial score (nSPS) is 15.3. The molecule has 2 aromatic heterocycles. The van der Waals surface area contributed by atoms with Gasteiger partial charge in [-0.1, -0.05) is 0 Å². The van der Waals surface area contributed by atoms with Crippen LogP contribution in [0.5, 0.6) is 0 Å². The molecule has 1 fully saturated rings. The maximum atomic E-state index is 12.5. The molecule has 1 saturated heterocycles. The van der Waals surface area contributed by atoms with E-state index in [4.69, 9.17) is 0 Å². The van der Waals surface area contributed by atoms with Crippen molar-refractivity contribution in [3.63, 3.8) is 0 Å². The molecule has 0 unspecified atom stereocenters. The van der Waals surface area contributed by atoms with Crippen molar-refractivity contribution >= 4 is 17.1 Å². The molecule has 1 aliphatic heterocycles. The Balaban J connectivity index is 1.91. The number of rotatable bonds is 5. The molecule has 0 radical (unpaired) electrons. The highest BCUT2D eigenvalue weighted by atomic mass is 16.3. The van der Waals surface area contributed by atoms with Gasteiger partial charge in [0.05, 0.1) is 36.0 Å². The number of fused-ring (bicyclic) bond motifs is 1. The lowest BCUT2D eigenvalue weighted by Crippen LogP contribution is -2.51. The number of amides is 1. The van der Waals surface area contributed by atoms with Gasteiger partial charge in [0, 0.05) is 25.0 Å². The van der Waals surface area contributed by atoms with E-state index in [0.717, 1.165) is 18.8 Å². The third kappa shape index (κ3) is 3.02. The number of pyridine rings is 1. The van der Waals surface area contributed by atoms with Crippen molar-refractivity contribution in [3.05, 3.63) is 30.1 Å². The van der Waals surface area contributed by atoms with Crippen molar-refractivity contribution in [3.8, 4) is 0 Å². The second-order valence-corrected chi connectivity index (χ2v) is 6.30. The SMILES string of the molecule is CC(CO)(CO)NC(=O)c1cnn2ccc(N3CCCC3)cc12. The topological polar surface area (TPSA) is 90.1 Å². The van der Waals surface area contributed by atoms with Crippen molar-refractivity contribution in [1.82, 2.24) is 14.9 Å². The number of aromatic nitrogens is 2. The van der Waals surface area contributed by atoms with Gasteiger partial charge in [-0.15, -0.1) is 0 Å². The molecule has 7 nitrogen and oxygen atoms in total. The number of anilines is 1. The highest BCUT2D eigenvalue weighted by molar-refractivity contribution is 6.01. The molecule has 23 heavy (non-hydrogen) atoms. The van der Waals surface area contributed by atoms with E-state index in [1.165, 1.54) is 19.0 Å². The van der Waals surface area contributed by atoms with Gasteiger partial charge in [0.1, 0.15) is 0 Å². The van der Waals surface area contributed by atoms with Gasteiger partial charge in [-0.3, -0.25) is 4.79 Å². The molecule has 1 aliphatic rings. The van der Waals surface area contributed by atoms with Gasteiger partial charge in [0.25, 0.3) is 5.91 Å². The van der Waals surface area contributed by atoms with Gasteiger partial charge < -0.3 is 20.4 Å². The standard InChI is InChI=1S/C16H22N4O3/c1-16(10-21,11-22)18-15(23)13-9-17-20-7-4-12(8-14(13)20)19-5-2-3-6-19/h4,7-9,21-22H,2-3,5-6,10-11H2,1H3,(H,18,23). The number of nitrogens with zero attached hydrogens (tertiary/aromatic N) is 3. The van der Waals surface area contributed by atoms with Gasteiger partial charge in [0.2, 0.25) is 0 Å². The molecule has 124 valence electrons. The maximum absolute atomic E-state index is 12.5. The number of carbonyl (C=O) groups is 1. The summed E-state index contributed by atoms with van der Waals surface area (Å²) in [6.07, 6.45) is 5.72. The second kappa shape index (κ2) is 6.17. The van der Waals surface area contributed by atoms with E-state index in [-0.39, 0.29) is 19.1 Å². The third-order valence-electron chi connectivity index (χ3n) is 4.33. The summed E-state index contributed by atoms with van der Waals surface area (Å²) in [4.78, 5) is 14.8. The molecule has 0 atom stereocenters. The van der Waals surface area contributed by atoms with Crippen molar-refractivity contribution in [2.75, 3.05) is 31.2 Å². The van der Waals surface area contributed by atoms with Gasteiger partial charge >= 0.3 is 0 Å². The monoisotopic (exact) mass is 318 g/mol. The van der Waals surface area contributed by atoms with Gasteiger partial charge in [-0.25, -0.2) is 4.52 Å². The Hall–Kier alpha value is -2.12. The fourth-order valence-electron chi connectivity index (χ4n) is 2.79. The van der Waals surface area contributed by atoms with Crippen LogP contribution in [0.2, 0.25) is 0 Å². The van der Waals surface area contributed by atoms with E-state index < -0.39 is 5.54 Å². The van der Waals surface area contributed by atoms with Crippen LogP contribution in [0.1, 0.15) is 30.1 Å². The summed E-state index contributed by atoms with van der Waals surface area (Å²) in [5.74, 6) is -0.357. The first kappa shape index (κ1) is 15.8. The molecular formula is C16H22N4O3. The van der Waals surface area contributed by atoms with Crippen molar-refractivity contribution < 1.29 is 15.0 Å². The molecule has 1 amide bonds.